The molecule has 0 aliphatic carbocycles. The SMILES string of the molecule is CC1(C)c2ccccc2Sc2ccc(-c3ccc(-c4cc(-c5cccc(-c6ccccc6)c5)nc(-c5ccccc5)n4)cc3)c(C#N)c21. The zero-order valence-corrected chi connectivity index (χ0v) is 27.5. The van der Waals surface area contributed by atoms with Gasteiger partial charge in [-0.05, 0) is 57.6 Å². The van der Waals surface area contributed by atoms with Crippen LogP contribution in [0.4, 0.5) is 0 Å². The molecular weight excluding hydrogens is 603 g/mol. The van der Waals surface area contributed by atoms with Crippen LogP contribution in [0.15, 0.2) is 161 Å². The highest BCUT2D eigenvalue weighted by atomic mass is 32.2. The molecule has 1 aliphatic rings. The van der Waals surface area contributed by atoms with Crippen LogP contribution in [0.5, 0.6) is 0 Å². The number of fused-ring (bicyclic) bond motifs is 2. The first-order valence-corrected chi connectivity index (χ1v) is 16.9. The fourth-order valence-electron chi connectivity index (χ4n) is 6.74. The van der Waals surface area contributed by atoms with E-state index in [1.807, 2.05) is 36.4 Å². The minimum atomic E-state index is -0.290. The number of hydrogen-bond donors (Lipinski definition) is 0. The van der Waals surface area contributed by atoms with E-state index >= 15 is 0 Å². The fraction of sp³-hybridized carbons (Fsp3) is 0.0682. The van der Waals surface area contributed by atoms with E-state index < -0.39 is 0 Å². The maximum Gasteiger partial charge on any atom is 0.160 e. The van der Waals surface area contributed by atoms with E-state index in [1.165, 1.54) is 10.5 Å². The number of hydrogen-bond acceptors (Lipinski definition) is 4. The van der Waals surface area contributed by atoms with Gasteiger partial charge in [0, 0.05) is 31.9 Å². The van der Waals surface area contributed by atoms with Gasteiger partial charge in [0.15, 0.2) is 5.82 Å². The quantitative estimate of drug-likeness (QED) is 0.189. The van der Waals surface area contributed by atoms with Crippen LogP contribution in [0.2, 0.25) is 0 Å². The van der Waals surface area contributed by atoms with Crippen molar-refractivity contribution < 1.29 is 0 Å². The molecule has 2 heterocycles. The van der Waals surface area contributed by atoms with Gasteiger partial charge in [0.2, 0.25) is 0 Å². The first-order valence-electron chi connectivity index (χ1n) is 16.1. The zero-order valence-electron chi connectivity index (χ0n) is 26.7. The molecule has 0 N–H and O–H groups in total. The normalized spacial score (nSPS) is 12.9. The predicted molar refractivity (Wildman–Crippen MR) is 197 cm³/mol. The van der Waals surface area contributed by atoms with Crippen LogP contribution >= 0.6 is 11.8 Å². The summed E-state index contributed by atoms with van der Waals surface area (Å²) in [5.74, 6) is 0.679. The summed E-state index contributed by atoms with van der Waals surface area (Å²) in [6, 6.07) is 54.9. The van der Waals surface area contributed by atoms with Gasteiger partial charge in [0.1, 0.15) is 6.07 Å². The summed E-state index contributed by atoms with van der Waals surface area (Å²) < 4.78 is 0. The van der Waals surface area contributed by atoms with Gasteiger partial charge in [-0.15, -0.1) is 0 Å². The van der Waals surface area contributed by atoms with Crippen LogP contribution in [0.1, 0.15) is 30.5 Å². The molecule has 1 aliphatic heterocycles. The Hall–Kier alpha value is -5.76. The highest BCUT2D eigenvalue weighted by Gasteiger charge is 2.36. The summed E-state index contributed by atoms with van der Waals surface area (Å²) in [4.78, 5) is 12.5. The molecule has 0 bridgehead atoms. The van der Waals surface area contributed by atoms with Crippen molar-refractivity contribution in [1.82, 2.24) is 9.97 Å². The molecule has 6 aromatic carbocycles. The van der Waals surface area contributed by atoms with Gasteiger partial charge in [-0.1, -0.05) is 153 Å². The summed E-state index contributed by atoms with van der Waals surface area (Å²) in [5, 5.41) is 10.5. The molecule has 4 heteroatoms. The highest BCUT2D eigenvalue weighted by molar-refractivity contribution is 7.99. The largest absolute Gasteiger partial charge is 0.228 e. The standard InChI is InChI=1S/C44H31N3S/c1-44(2)37-18-9-10-19-40(37)48-41-25-24-35(36(28-45)42(41)44)30-20-22-31(23-21-30)38-27-39(47-43(46-38)32-14-7-4-8-15-32)34-17-11-16-33(26-34)29-12-5-3-6-13-29/h3-27H,1-2H3. The molecule has 3 nitrogen and oxygen atoms in total. The van der Waals surface area contributed by atoms with Crippen molar-refractivity contribution in [3.05, 3.63) is 168 Å². The zero-order chi connectivity index (χ0) is 32.7. The lowest BCUT2D eigenvalue weighted by Crippen LogP contribution is -2.25. The van der Waals surface area contributed by atoms with Gasteiger partial charge in [-0.25, -0.2) is 9.97 Å². The second kappa shape index (κ2) is 12.1. The molecule has 228 valence electrons. The van der Waals surface area contributed by atoms with Crippen molar-refractivity contribution in [2.45, 2.75) is 29.1 Å². The molecule has 0 atom stereocenters. The Morgan fingerprint density at radius 1 is 0.521 bits per heavy atom. The highest BCUT2D eigenvalue weighted by Crippen LogP contribution is 2.51. The van der Waals surface area contributed by atoms with E-state index in [0.29, 0.717) is 5.82 Å². The topological polar surface area (TPSA) is 49.6 Å². The summed E-state index contributed by atoms with van der Waals surface area (Å²) in [6.45, 7) is 4.45. The Morgan fingerprint density at radius 2 is 1.12 bits per heavy atom. The molecule has 0 amide bonds. The van der Waals surface area contributed by atoms with E-state index in [1.54, 1.807) is 11.8 Å². The third kappa shape index (κ3) is 5.29. The molecule has 0 fully saturated rings. The van der Waals surface area contributed by atoms with Crippen molar-refractivity contribution in [1.29, 1.82) is 5.26 Å². The molecule has 0 saturated carbocycles. The van der Waals surface area contributed by atoms with Crippen LogP contribution in [0, 0.1) is 11.3 Å². The number of benzene rings is 6. The maximum atomic E-state index is 10.5. The number of rotatable bonds is 5. The Balaban J connectivity index is 1.20. The van der Waals surface area contributed by atoms with Crippen molar-refractivity contribution in [3.8, 4) is 62.2 Å². The average molecular weight is 634 g/mol. The molecule has 0 radical (unpaired) electrons. The van der Waals surface area contributed by atoms with Crippen molar-refractivity contribution in [2.24, 2.45) is 0 Å². The second-order valence-electron chi connectivity index (χ2n) is 12.5. The lowest BCUT2D eigenvalue weighted by Gasteiger charge is -2.35. The Morgan fingerprint density at radius 3 is 1.85 bits per heavy atom. The summed E-state index contributed by atoms with van der Waals surface area (Å²) in [6.07, 6.45) is 0. The van der Waals surface area contributed by atoms with Gasteiger partial charge in [0.25, 0.3) is 0 Å². The lowest BCUT2D eigenvalue weighted by atomic mass is 9.74. The maximum absolute atomic E-state index is 10.5. The molecule has 7 aromatic rings. The van der Waals surface area contributed by atoms with Gasteiger partial charge >= 0.3 is 0 Å². The van der Waals surface area contributed by atoms with Crippen molar-refractivity contribution in [2.75, 3.05) is 0 Å². The first-order chi connectivity index (χ1) is 23.5. The van der Waals surface area contributed by atoms with Crippen molar-refractivity contribution >= 4 is 11.8 Å². The molecule has 0 spiro atoms. The Bertz CT molecular complexity index is 2340. The first kappa shape index (κ1) is 29.6. The average Bonchev–Trinajstić information content (AvgIpc) is 3.15. The fourth-order valence-corrected chi connectivity index (χ4v) is 8.15. The molecular formula is C44H31N3S. The number of nitriles is 1. The monoisotopic (exact) mass is 633 g/mol. The van der Waals surface area contributed by atoms with E-state index in [4.69, 9.17) is 9.97 Å². The van der Waals surface area contributed by atoms with E-state index in [9.17, 15) is 5.26 Å². The number of aromatic nitrogens is 2. The van der Waals surface area contributed by atoms with Crippen LogP contribution in [0.25, 0.3) is 56.2 Å². The third-order valence-corrected chi connectivity index (χ3v) is 10.3. The minimum Gasteiger partial charge on any atom is -0.228 e. The Kier molecular flexibility index (Phi) is 7.48. The molecule has 8 rings (SSSR count). The lowest BCUT2D eigenvalue weighted by molar-refractivity contribution is 0.605. The Labute approximate surface area is 285 Å². The van der Waals surface area contributed by atoms with Crippen LogP contribution in [-0.2, 0) is 5.41 Å². The number of nitrogens with zero attached hydrogens (tertiary/aromatic N) is 3. The van der Waals surface area contributed by atoms with Crippen LogP contribution < -0.4 is 0 Å². The molecule has 48 heavy (non-hydrogen) atoms. The van der Waals surface area contributed by atoms with E-state index in [0.717, 1.165) is 66.4 Å². The summed E-state index contributed by atoms with van der Waals surface area (Å²) in [5.41, 5.74) is 11.7. The smallest absolute Gasteiger partial charge is 0.160 e. The van der Waals surface area contributed by atoms with E-state index in [2.05, 4.69) is 135 Å². The molecule has 0 unspecified atom stereocenters. The third-order valence-electron chi connectivity index (χ3n) is 9.20. The van der Waals surface area contributed by atoms with Crippen LogP contribution in [0.3, 0.4) is 0 Å². The minimum absolute atomic E-state index is 0.290. The van der Waals surface area contributed by atoms with Gasteiger partial charge in [0.05, 0.1) is 17.0 Å². The second-order valence-corrected chi connectivity index (χ2v) is 13.6. The van der Waals surface area contributed by atoms with Gasteiger partial charge < -0.3 is 0 Å². The predicted octanol–water partition coefficient (Wildman–Crippen LogP) is 11.5. The van der Waals surface area contributed by atoms with Gasteiger partial charge in [-0.2, -0.15) is 5.26 Å². The summed E-state index contributed by atoms with van der Waals surface area (Å²) in [7, 11) is 0. The van der Waals surface area contributed by atoms with Gasteiger partial charge in [-0.3, -0.25) is 0 Å². The van der Waals surface area contributed by atoms with Crippen molar-refractivity contribution in [3.63, 3.8) is 0 Å². The summed E-state index contributed by atoms with van der Waals surface area (Å²) >= 11 is 1.75. The molecule has 1 aromatic heterocycles. The van der Waals surface area contributed by atoms with E-state index in [-0.39, 0.29) is 5.41 Å². The van der Waals surface area contributed by atoms with Crippen LogP contribution in [-0.4, -0.2) is 9.97 Å². The molecule has 0 saturated heterocycles.